The molecule has 1 unspecified atom stereocenters. The molecule has 0 N–H and O–H groups in total. The monoisotopic (exact) mass is 562 g/mol. The number of halogens is 1. The molecule has 0 bridgehead atoms. The number of fused-ring (bicyclic) bond motifs is 1. The number of amides is 1. The zero-order valence-corrected chi connectivity index (χ0v) is 22.5. The quantitative estimate of drug-likeness (QED) is 0.308. The van der Waals surface area contributed by atoms with Crippen LogP contribution >= 0.6 is 34.3 Å². The van der Waals surface area contributed by atoms with E-state index in [-0.39, 0.29) is 23.2 Å². The lowest BCUT2D eigenvalue weighted by Crippen LogP contribution is -2.52. The van der Waals surface area contributed by atoms with Gasteiger partial charge in [-0.1, -0.05) is 35.4 Å². The highest BCUT2D eigenvalue weighted by Crippen LogP contribution is 2.36. The summed E-state index contributed by atoms with van der Waals surface area (Å²) in [5, 5.41) is 0.495. The topological polar surface area (TPSA) is 92.7 Å². The number of nitrogens with zero attached hydrogens (tertiary/aromatic N) is 4. The van der Waals surface area contributed by atoms with E-state index in [2.05, 4.69) is 4.98 Å². The number of rotatable bonds is 7. The SMILES string of the molecule is COc1ccc2nc(N(Cc3cccnc3)C(=O)C3CCCCN3S(=O)(=O)c3ccc(Cl)s3)sc2c1. The van der Waals surface area contributed by atoms with Crippen LogP contribution in [0.25, 0.3) is 10.2 Å². The lowest BCUT2D eigenvalue weighted by molar-refractivity contribution is -0.123. The molecule has 1 amide bonds. The summed E-state index contributed by atoms with van der Waals surface area (Å²) in [6, 6.07) is 11.4. The van der Waals surface area contributed by atoms with Crippen molar-refractivity contribution in [1.29, 1.82) is 0 Å². The molecule has 4 heterocycles. The Balaban J connectivity index is 1.54. The van der Waals surface area contributed by atoms with Crippen LogP contribution in [0.5, 0.6) is 5.75 Å². The van der Waals surface area contributed by atoms with Crippen molar-refractivity contribution in [2.75, 3.05) is 18.6 Å². The van der Waals surface area contributed by atoms with Crippen LogP contribution in [0.1, 0.15) is 24.8 Å². The van der Waals surface area contributed by atoms with Crippen molar-refractivity contribution in [3.05, 3.63) is 64.8 Å². The van der Waals surface area contributed by atoms with Gasteiger partial charge >= 0.3 is 0 Å². The second-order valence-corrected chi connectivity index (χ2v) is 13.1. The predicted octanol–water partition coefficient (Wildman–Crippen LogP) is 5.19. The zero-order chi connectivity index (χ0) is 25.3. The van der Waals surface area contributed by atoms with E-state index in [0.29, 0.717) is 28.1 Å². The molecule has 0 aliphatic carbocycles. The number of piperidine rings is 1. The Morgan fingerprint density at radius 1 is 1.22 bits per heavy atom. The van der Waals surface area contributed by atoms with Crippen molar-refractivity contribution >= 4 is 65.6 Å². The Morgan fingerprint density at radius 2 is 2.08 bits per heavy atom. The van der Waals surface area contributed by atoms with Gasteiger partial charge in [0.1, 0.15) is 16.0 Å². The average molecular weight is 563 g/mol. The minimum atomic E-state index is -3.88. The first-order chi connectivity index (χ1) is 17.4. The van der Waals surface area contributed by atoms with Crippen LogP contribution in [0.2, 0.25) is 4.34 Å². The molecule has 4 aromatic rings. The number of thiophene rings is 1. The molecule has 8 nitrogen and oxygen atoms in total. The van der Waals surface area contributed by atoms with Gasteiger partial charge in [-0.2, -0.15) is 4.31 Å². The van der Waals surface area contributed by atoms with Gasteiger partial charge in [0.05, 0.1) is 28.2 Å². The summed E-state index contributed by atoms with van der Waals surface area (Å²) >= 11 is 8.39. The molecule has 3 aromatic heterocycles. The number of anilines is 1. The number of thiazole rings is 1. The minimum Gasteiger partial charge on any atom is -0.497 e. The van der Waals surface area contributed by atoms with Crippen LogP contribution in [0.3, 0.4) is 0 Å². The number of benzene rings is 1. The number of methoxy groups -OCH3 is 1. The van der Waals surface area contributed by atoms with Gasteiger partial charge in [-0.15, -0.1) is 11.3 Å². The van der Waals surface area contributed by atoms with Gasteiger partial charge in [0.25, 0.3) is 10.0 Å². The fourth-order valence-electron chi connectivity index (χ4n) is 4.22. The van der Waals surface area contributed by atoms with Crippen LogP contribution in [0.4, 0.5) is 5.13 Å². The molecule has 36 heavy (non-hydrogen) atoms. The fraction of sp³-hybridized carbons (Fsp3) is 0.292. The summed E-state index contributed by atoms with van der Waals surface area (Å²) in [7, 11) is -2.29. The van der Waals surface area contributed by atoms with Crippen LogP contribution in [0, 0.1) is 0 Å². The largest absolute Gasteiger partial charge is 0.497 e. The number of pyridine rings is 1. The first-order valence-electron chi connectivity index (χ1n) is 11.3. The number of carbonyl (C=O) groups is 1. The Hall–Kier alpha value is -2.57. The van der Waals surface area contributed by atoms with Crippen molar-refractivity contribution in [2.45, 2.75) is 36.1 Å². The van der Waals surface area contributed by atoms with Crippen molar-refractivity contribution in [2.24, 2.45) is 0 Å². The molecule has 1 aliphatic heterocycles. The first-order valence-corrected chi connectivity index (χ1v) is 14.7. The standard InChI is InChI=1S/C24H23ClN4O4S3/c1-33-17-7-8-18-20(13-17)34-24(27-18)28(15-16-5-4-11-26-14-16)23(30)19-6-2-3-12-29(19)36(31,32)22-10-9-21(25)35-22/h4-5,7-11,13-14,19H,2-3,6,12,15H2,1H3. The Kier molecular flexibility index (Phi) is 7.27. The van der Waals surface area contributed by atoms with E-state index in [4.69, 9.17) is 21.3 Å². The number of aromatic nitrogens is 2. The van der Waals surface area contributed by atoms with E-state index in [9.17, 15) is 13.2 Å². The lowest BCUT2D eigenvalue weighted by Gasteiger charge is -2.35. The van der Waals surface area contributed by atoms with E-state index in [1.54, 1.807) is 36.5 Å². The second-order valence-electron chi connectivity index (χ2n) is 8.30. The van der Waals surface area contributed by atoms with Gasteiger partial charge in [-0.3, -0.25) is 14.7 Å². The molecular weight excluding hydrogens is 540 g/mol. The van der Waals surface area contributed by atoms with E-state index in [1.807, 2.05) is 24.3 Å². The van der Waals surface area contributed by atoms with Crippen molar-refractivity contribution in [3.8, 4) is 5.75 Å². The highest BCUT2D eigenvalue weighted by atomic mass is 35.5. The average Bonchev–Trinajstić information content (AvgIpc) is 3.53. The number of hydrogen-bond acceptors (Lipinski definition) is 8. The number of sulfonamides is 1. The highest BCUT2D eigenvalue weighted by molar-refractivity contribution is 7.91. The second kappa shape index (κ2) is 10.4. The van der Waals surface area contributed by atoms with Crippen LogP contribution in [-0.4, -0.2) is 48.3 Å². The van der Waals surface area contributed by atoms with E-state index >= 15 is 0 Å². The number of hydrogen-bond donors (Lipinski definition) is 0. The zero-order valence-electron chi connectivity index (χ0n) is 19.3. The van der Waals surface area contributed by atoms with E-state index in [0.717, 1.165) is 33.5 Å². The van der Waals surface area contributed by atoms with Gasteiger partial charge in [0.15, 0.2) is 5.13 Å². The van der Waals surface area contributed by atoms with Crippen LogP contribution < -0.4 is 9.64 Å². The maximum Gasteiger partial charge on any atom is 0.253 e. The van der Waals surface area contributed by atoms with Crippen LogP contribution in [-0.2, 0) is 21.4 Å². The predicted molar refractivity (Wildman–Crippen MR) is 142 cm³/mol. The molecule has 0 radical (unpaired) electrons. The lowest BCUT2D eigenvalue weighted by atomic mass is 10.0. The van der Waals surface area contributed by atoms with Crippen molar-refractivity contribution < 1.29 is 17.9 Å². The van der Waals surface area contributed by atoms with E-state index in [1.165, 1.54) is 21.7 Å². The molecule has 188 valence electrons. The maximum atomic E-state index is 14.1. The molecular formula is C24H23ClN4O4S3. The third-order valence-corrected chi connectivity index (χ3v) is 10.6. The van der Waals surface area contributed by atoms with Gasteiger partial charge < -0.3 is 4.74 Å². The molecule has 1 atom stereocenters. The van der Waals surface area contributed by atoms with E-state index < -0.39 is 16.1 Å². The fourth-order valence-corrected chi connectivity index (χ4v) is 8.48. The molecule has 0 saturated carbocycles. The summed E-state index contributed by atoms with van der Waals surface area (Å²) in [5.41, 5.74) is 1.55. The first kappa shape index (κ1) is 25.1. The smallest absolute Gasteiger partial charge is 0.253 e. The third kappa shape index (κ3) is 4.98. The summed E-state index contributed by atoms with van der Waals surface area (Å²) < 4.78 is 35.1. The van der Waals surface area contributed by atoms with Crippen molar-refractivity contribution in [3.63, 3.8) is 0 Å². The summed E-state index contributed by atoms with van der Waals surface area (Å²) in [6.45, 7) is 0.491. The molecule has 0 spiro atoms. The van der Waals surface area contributed by atoms with Gasteiger partial charge in [-0.25, -0.2) is 13.4 Å². The molecule has 5 rings (SSSR count). The van der Waals surface area contributed by atoms with Gasteiger partial charge in [-0.05, 0) is 54.8 Å². The minimum absolute atomic E-state index is 0.137. The molecule has 12 heteroatoms. The molecule has 1 aliphatic rings. The molecule has 1 aromatic carbocycles. The number of carbonyl (C=O) groups excluding carboxylic acids is 1. The molecule has 1 fully saturated rings. The maximum absolute atomic E-state index is 14.1. The Bertz CT molecular complexity index is 1490. The Labute approximate surface area is 222 Å². The summed E-state index contributed by atoms with van der Waals surface area (Å²) in [4.78, 5) is 24.6. The van der Waals surface area contributed by atoms with Gasteiger partial charge in [0.2, 0.25) is 5.91 Å². The van der Waals surface area contributed by atoms with Crippen molar-refractivity contribution in [1.82, 2.24) is 14.3 Å². The highest BCUT2D eigenvalue weighted by Gasteiger charge is 2.41. The van der Waals surface area contributed by atoms with Gasteiger partial charge in [0, 0.05) is 18.9 Å². The normalized spacial score (nSPS) is 16.8. The van der Waals surface area contributed by atoms with Crippen LogP contribution in [0.15, 0.2) is 59.1 Å². The third-order valence-electron chi connectivity index (χ3n) is 5.99. The summed E-state index contributed by atoms with van der Waals surface area (Å²) in [5.74, 6) is 0.387. The summed E-state index contributed by atoms with van der Waals surface area (Å²) in [6.07, 6.45) is 5.23. The molecule has 1 saturated heterocycles. The Morgan fingerprint density at radius 3 is 2.81 bits per heavy atom. The number of ether oxygens (including phenoxy) is 1.